The van der Waals surface area contributed by atoms with Gasteiger partial charge in [0.1, 0.15) is 16.3 Å². The minimum Gasteiger partial charge on any atom is -0.306 e. The number of carbonyl (C=O) groups excluding carboxylic acids is 1. The van der Waals surface area contributed by atoms with Crippen molar-refractivity contribution < 1.29 is 13.2 Å². The lowest BCUT2D eigenvalue weighted by molar-refractivity contribution is 0.102. The maximum atomic E-state index is 13.3. The Balaban J connectivity index is 1.27. The molecule has 0 bridgehead atoms. The third-order valence-corrected chi connectivity index (χ3v) is 10.0. The molecule has 6 rings (SSSR count). The van der Waals surface area contributed by atoms with Crippen LogP contribution >= 0.6 is 23.2 Å². The molecule has 0 radical (unpaired) electrons. The van der Waals surface area contributed by atoms with Crippen molar-refractivity contribution in [2.24, 2.45) is 0 Å². The highest BCUT2D eigenvalue weighted by atomic mass is 35.5. The molecule has 1 aliphatic heterocycles. The first-order valence-corrected chi connectivity index (χ1v) is 15.1. The molecule has 1 N–H and O–H groups in total. The van der Waals surface area contributed by atoms with E-state index in [1.54, 1.807) is 29.2 Å². The minimum absolute atomic E-state index is 0.0239. The predicted octanol–water partition coefficient (Wildman–Crippen LogP) is 5.35. The van der Waals surface area contributed by atoms with E-state index >= 15 is 0 Å². The van der Waals surface area contributed by atoms with Gasteiger partial charge in [-0.3, -0.25) is 4.79 Å². The summed E-state index contributed by atoms with van der Waals surface area (Å²) in [6.07, 6.45) is 5.89. The molecule has 0 atom stereocenters. The van der Waals surface area contributed by atoms with Crippen LogP contribution in [-0.2, 0) is 10.0 Å². The van der Waals surface area contributed by atoms with Gasteiger partial charge in [-0.1, -0.05) is 47.0 Å². The van der Waals surface area contributed by atoms with E-state index < -0.39 is 10.0 Å². The topological polar surface area (TPSA) is 114 Å². The van der Waals surface area contributed by atoms with Gasteiger partial charge < -0.3 is 5.32 Å². The average molecular weight is 611 g/mol. The van der Waals surface area contributed by atoms with Crippen molar-refractivity contribution in [2.75, 3.05) is 18.4 Å². The highest BCUT2D eigenvalue weighted by Crippen LogP contribution is 2.36. The van der Waals surface area contributed by atoms with Crippen molar-refractivity contribution in [1.82, 2.24) is 28.7 Å². The first kappa shape index (κ1) is 27.4. The summed E-state index contributed by atoms with van der Waals surface area (Å²) < 4.78 is 31.3. The van der Waals surface area contributed by atoms with Crippen molar-refractivity contribution in [3.05, 3.63) is 100 Å². The molecular formula is C28H25Cl2N7O3S. The summed E-state index contributed by atoms with van der Waals surface area (Å²) in [5.74, 6) is 0.0993. The summed E-state index contributed by atoms with van der Waals surface area (Å²) in [6, 6.07) is 16.0. The van der Waals surface area contributed by atoms with Crippen LogP contribution in [0.5, 0.6) is 0 Å². The van der Waals surface area contributed by atoms with Crippen molar-refractivity contribution in [3.8, 4) is 5.69 Å². The van der Waals surface area contributed by atoms with Gasteiger partial charge >= 0.3 is 0 Å². The van der Waals surface area contributed by atoms with E-state index in [9.17, 15) is 13.2 Å². The number of amides is 1. The van der Waals surface area contributed by atoms with E-state index in [4.69, 9.17) is 28.3 Å². The zero-order chi connectivity index (χ0) is 28.7. The van der Waals surface area contributed by atoms with Crippen LogP contribution in [0.3, 0.4) is 0 Å². The van der Waals surface area contributed by atoms with Crippen LogP contribution in [0.1, 0.15) is 40.4 Å². The number of sulfonamides is 1. The number of aromatic nitrogens is 5. The third kappa shape index (κ3) is 5.21. The van der Waals surface area contributed by atoms with Crippen molar-refractivity contribution in [3.63, 3.8) is 0 Å². The number of aryl methyl sites for hydroxylation is 1. The molecule has 2 aromatic carbocycles. The molecule has 3 aromatic heterocycles. The molecule has 10 nitrogen and oxygen atoms in total. The van der Waals surface area contributed by atoms with Gasteiger partial charge in [-0.05, 0) is 50.1 Å². The van der Waals surface area contributed by atoms with Crippen LogP contribution in [0.15, 0.2) is 78.1 Å². The quantitative estimate of drug-likeness (QED) is 0.277. The van der Waals surface area contributed by atoms with Gasteiger partial charge in [0, 0.05) is 37.5 Å². The van der Waals surface area contributed by atoms with E-state index in [2.05, 4.69) is 15.4 Å². The molecule has 210 valence electrons. The van der Waals surface area contributed by atoms with Crippen LogP contribution in [0.4, 0.5) is 5.82 Å². The zero-order valence-corrected chi connectivity index (χ0v) is 24.2. The maximum Gasteiger partial charge on any atom is 0.262 e. The number of hydrogen-bond acceptors (Lipinski definition) is 6. The number of halogens is 2. The molecule has 13 heteroatoms. The number of nitrogens with zero attached hydrogens (tertiary/aromatic N) is 6. The Kier molecular flexibility index (Phi) is 7.28. The van der Waals surface area contributed by atoms with Gasteiger partial charge in [0.25, 0.3) is 5.91 Å². The Labute approximate surface area is 246 Å². The lowest BCUT2D eigenvalue weighted by atomic mass is 9.95. The standard InChI is InChI=1S/C28H25Cl2N7O3S/c1-18-6-8-20(9-7-18)37-25(33-28(38)21-17-32-36-13-3-12-31-27(21)36)16-24(34-37)19-10-14-35(15-11-19)41(39,40)26-22(29)4-2-5-23(26)30/h2-9,12-13,16-17,19H,10-11,14-15H2,1H3,(H,33,38). The number of benzene rings is 2. The Morgan fingerprint density at radius 3 is 2.44 bits per heavy atom. The van der Waals surface area contributed by atoms with Crippen LogP contribution < -0.4 is 5.32 Å². The Morgan fingerprint density at radius 1 is 1.02 bits per heavy atom. The second-order valence-corrected chi connectivity index (χ2v) is 12.5. The summed E-state index contributed by atoms with van der Waals surface area (Å²) >= 11 is 12.4. The fourth-order valence-corrected chi connectivity index (χ4v) is 7.55. The molecule has 1 saturated heterocycles. The molecule has 1 aliphatic rings. The lowest BCUT2D eigenvalue weighted by Gasteiger charge is -2.30. The van der Waals surface area contributed by atoms with Gasteiger partial charge in [0.15, 0.2) is 5.65 Å². The fourth-order valence-electron chi connectivity index (χ4n) is 4.99. The highest BCUT2D eigenvalue weighted by Gasteiger charge is 2.34. The predicted molar refractivity (Wildman–Crippen MR) is 156 cm³/mol. The summed E-state index contributed by atoms with van der Waals surface area (Å²) in [5.41, 5.74) is 3.41. The van der Waals surface area contributed by atoms with Gasteiger partial charge in [0.2, 0.25) is 10.0 Å². The summed E-state index contributed by atoms with van der Waals surface area (Å²) in [4.78, 5) is 17.5. The fraction of sp³-hybridized carbons (Fsp3) is 0.214. The summed E-state index contributed by atoms with van der Waals surface area (Å²) in [7, 11) is -3.87. The molecular weight excluding hydrogens is 585 g/mol. The van der Waals surface area contributed by atoms with Crippen LogP contribution in [0.25, 0.3) is 11.3 Å². The number of fused-ring (bicyclic) bond motifs is 1. The van der Waals surface area contributed by atoms with Gasteiger partial charge in [-0.25, -0.2) is 22.6 Å². The molecule has 1 fully saturated rings. The molecule has 0 spiro atoms. The number of carbonyl (C=O) groups is 1. The van der Waals surface area contributed by atoms with Crippen molar-refractivity contribution in [1.29, 1.82) is 0 Å². The van der Waals surface area contributed by atoms with E-state index in [1.807, 2.05) is 37.3 Å². The molecule has 0 saturated carbocycles. The Hall–Kier alpha value is -3.77. The van der Waals surface area contributed by atoms with Gasteiger partial charge in [-0.15, -0.1) is 0 Å². The van der Waals surface area contributed by atoms with Crippen LogP contribution in [0, 0.1) is 6.92 Å². The Bertz CT molecular complexity index is 1840. The number of anilines is 1. The van der Waals surface area contributed by atoms with E-state index in [0.717, 1.165) is 16.9 Å². The Morgan fingerprint density at radius 2 is 1.73 bits per heavy atom. The van der Waals surface area contributed by atoms with Crippen molar-refractivity contribution >= 4 is 50.6 Å². The lowest BCUT2D eigenvalue weighted by Crippen LogP contribution is -2.38. The number of piperidine rings is 1. The third-order valence-electron chi connectivity index (χ3n) is 7.16. The zero-order valence-electron chi connectivity index (χ0n) is 21.9. The van der Waals surface area contributed by atoms with Crippen molar-refractivity contribution in [2.45, 2.75) is 30.6 Å². The first-order chi connectivity index (χ1) is 19.7. The van der Waals surface area contributed by atoms with E-state index in [0.29, 0.717) is 29.9 Å². The average Bonchev–Trinajstić information content (AvgIpc) is 3.58. The minimum atomic E-state index is -3.87. The van der Waals surface area contributed by atoms with Crippen LogP contribution in [0.2, 0.25) is 10.0 Å². The molecule has 1 amide bonds. The second kappa shape index (κ2) is 10.9. The first-order valence-electron chi connectivity index (χ1n) is 12.9. The smallest absolute Gasteiger partial charge is 0.262 e. The van der Waals surface area contributed by atoms with Crippen LogP contribution in [-0.4, -0.2) is 56.1 Å². The molecule has 41 heavy (non-hydrogen) atoms. The number of nitrogens with one attached hydrogen (secondary N) is 1. The number of rotatable bonds is 6. The van der Waals surface area contributed by atoms with E-state index in [-0.39, 0.29) is 39.9 Å². The van der Waals surface area contributed by atoms with Gasteiger partial charge in [-0.2, -0.15) is 14.5 Å². The molecule has 5 aromatic rings. The summed E-state index contributed by atoms with van der Waals surface area (Å²) in [5, 5.41) is 12.2. The normalized spacial score (nSPS) is 14.9. The molecule has 0 aliphatic carbocycles. The highest BCUT2D eigenvalue weighted by molar-refractivity contribution is 7.89. The monoisotopic (exact) mass is 609 g/mol. The maximum absolute atomic E-state index is 13.3. The molecule has 4 heterocycles. The molecule has 0 unspecified atom stereocenters. The SMILES string of the molecule is Cc1ccc(-n2nc(C3CCN(S(=O)(=O)c4c(Cl)cccc4Cl)CC3)cc2NC(=O)c2cnn3cccnc23)cc1. The van der Waals surface area contributed by atoms with E-state index in [1.165, 1.54) is 27.2 Å². The summed E-state index contributed by atoms with van der Waals surface area (Å²) in [6.45, 7) is 2.56. The second-order valence-electron chi connectivity index (χ2n) is 9.83. The number of hydrogen-bond donors (Lipinski definition) is 1. The largest absolute Gasteiger partial charge is 0.306 e. The van der Waals surface area contributed by atoms with Gasteiger partial charge in [0.05, 0.1) is 27.6 Å².